The molecule has 1 atom stereocenters. The van der Waals surface area contributed by atoms with Crippen LogP contribution in [0.5, 0.6) is 0 Å². The predicted octanol–water partition coefficient (Wildman–Crippen LogP) is 0.563. The van der Waals surface area contributed by atoms with Crippen molar-refractivity contribution in [2.75, 3.05) is 19.6 Å². The average Bonchev–Trinajstić information content (AvgIpc) is 2.99. The van der Waals surface area contributed by atoms with Gasteiger partial charge in [0.05, 0.1) is 11.7 Å². The van der Waals surface area contributed by atoms with E-state index in [9.17, 15) is 4.79 Å². The van der Waals surface area contributed by atoms with Gasteiger partial charge in [0.15, 0.2) is 0 Å². The fourth-order valence-electron chi connectivity index (χ4n) is 2.31. The van der Waals surface area contributed by atoms with Crippen LogP contribution in [0.25, 0.3) is 0 Å². The Kier molecular flexibility index (Phi) is 4.36. The second-order valence-corrected chi connectivity index (χ2v) is 4.94. The number of aromatic nitrogens is 2. The van der Waals surface area contributed by atoms with Crippen LogP contribution in [0.3, 0.4) is 0 Å². The number of carbonyl (C=O) groups excluding carboxylic acids is 1. The summed E-state index contributed by atoms with van der Waals surface area (Å²) in [4.78, 5) is 14.0. The molecule has 0 aliphatic carbocycles. The van der Waals surface area contributed by atoms with E-state index < -0.39 is 0 Å². The molecule has 0 saturated carbocycles. The van der Waals surface area contributed by atoms with Crippen molar-refractivity contribution in [3.63, 3.8) is 0 Å². The first-order chi connectivity index (χ1) is 8.66. The second kappa shape index (κ2) is 6.00. The third kappa shape index (κ3) is 3.32. The van der Waals surface area contributed by atoms with Crippen LogP contribution in [0.15, 0.2) is 12.3 Å². The molecule has 1 aromatic rings. The lowest BCUT2D eigenvalue weighted by molar-refractivity contribution is -0.131. The van der Waals surface area contributed by atoms with Gasteiger partial charge in [-0.2, -0.15) is 5.10 Å². The van der Waals surface area contributed by atoms with Crippen molar-refractivity contribution >= 4 is 5.91 Å². The highest BCUT2D eigenvalue weighted by molar-refractivity contribution is 5.81. The van der Waals surface area contributed by atoms with Gasteiger partial charge in [-0.25, -0.2) is 0 Å². The van der Waals surface area contributed by atoms with Gasteiger partial charge in [-0.1, -0.05) is 0 Å². The molecule has 5 heteroatoms. The van der Waals surface area contributed by atoms with Crippen LogP contribution in [-0.4, -0.2) is 46.3 Å². The number of hydrogen-bond donors (Lipinski definition) is 1. The van der Waals surface area contributed by atoms with Crippen molar-refractivity contribution in [1.29, 1.82) is 0 Å². The molecule has 0 aromatic carbocycles. The highest BCUT2D eigenvalue weighted by Gasteiger charge is 2.22. The van der Waals surface area contributed by atoms with Crippen LogP contribution < -0.4 is 5.32 Å². The first-order valence-corrected chi connectivity index (χ1v) is 6.67. The van der Waals surface area contributed by atoms with Crippen molar-refractivity contribution in [3.8, 4) is 0 Å². The van der Waals surface area contributed by atoms with Crippen molar-refractivity contribution in [2.24, 2.45) is 7.05 Å². The molecule has 1 N–H and O–H groups in total. The van der Waals surface area contributed by atoms with E-state index in [1.165, 1.54) is 0 Å². The Morgan fingerprint density at radius 1 is 1.50 bits per heavy atom. The van der Waals surface area contributed by atoms with E-state index in [0.717, 1.165) is 44.6 Å². The second-order valence-electron chi connectivity index (χ2n) is 4.94. The minimum Gasteiger partial charge on any atom is -0.341 e. The van der Waals surface area contributed by atoms with Gasteiger partial charge in [0.1, 0.15) is 0 Å². The van der Waals surface area contributed by atoms with Gasteiger partial charge in [-0.3, -0.25) is 9.48 Å². The maximum atomic E-state index is 12.0. The molecule has 18 heavy (non-hydrogen) atoms. The Morgan fingerprint density at radius 3 is 2.83 bits per heavy atom. The summed E-state index contributed by atoms with van der Waals surface area (Å²) < 4.78 is 1.80. The third-order valence-electron chi connectivity index (χ3n) is 3.39. The number of rotatable bonds is 5. The zero-order chi connectivity index (χ0) is 13.0. The molecule has 1 unspecified atom stereocenters. The SMILES string of the molecule is CC(NCCc1ccn(C)n1)C(=O)N1CCCC1. The number of aryl methyl sites for hydroxylation is 1. The minimum atomic E-state index is -0.0909. The van der Waals surface area contributed by atoms with Gasteiger partial charge in [-0.15, -0.1) is 0 Å². The molecule has 1 saturated heterocycles. The average molecular weight is 250 g/mol. The summed E-state index contributed by atoms with van der Waals surface area (Å²) in [7, 11) is 1.91. The number of carbonyl (C=O) groups is 1. The van der Waals surface area contributed by atoms with Crippen LogP contribution in [0.1, 0.15) is 25.5 Å². The van der Waals surface area contributed by atoms with E-state index in [1.54, 1.807) is 4.68 Å². The number of amides is 1. The van der Waals surface area contributed by atoms with E-state index in [0.29, 0.717) is 0 Å². The zero-order valence-corrected chi connectivity index (χ0v) is 11.2. The molecule has 0 spiro atoms. The Labute approximate surface area is 108 Å². The minimum absolute atomic E-state index is 0.0909. The zero-order valence-electron chi connectivity index (χ0n) is 11.2. The lowest BCUT2D eigenvalue weighted by atomic mass is 10.2. The number of likely N-dealkylation sites (tertiary alicyclic amines) is 1. The summed E-state index contributed by atoms with van der Waals surface area (Å²) in [6, 6.07) is 1.92. The molecule has 100 valence electrons. The summed E-state index contributed by atoms with van der Waals surface area (Å²) in [6.07, 6.45) is 5.09. The normalized spacial score (nSPS) is 17.1. The standard InChI is InChI=1S/C13H22N4O/c1-11(13(18)17-8-3-4-9-17)14-7-5-12-6-10-16(2)15-12/h6,10-11,14H,3-5,7-9H2,1-2H3. The molecule has 1 aromatic heterocycles. The van der Waals surface area contributed by atoms with Crippen molar-refractivity contribution in [3.05, 3.63) is 18.0 Å². The van der Waals surface area contributed by atoms with Crippen LogP contribution in [0.2, 0.25) is 0 Å². The molecule has 0 radical (unpaired) electrons. The number of hydrogen-bond acceptors (Lipinski definition) is 3. The molecule has 5 nitrogen and oxygen atoms in total. The van der Waals surface area contributed by atoms with Crippen molar-refractivity contribution in [2.45, 2.75) is 32.2 Å². The molecule has 1 amide bonds. The van der Waals surface area contributed by atoms with Gasteiger partial charge in [0.2, 0.25) is 5.91 Å². The fraction of sp³-hybridized carbons (Fsp3) is 0.692. The fourth-order valence-corrected chi connectivity index (χ4v) is 2.31. The summed E-state index contributed by atoms with van der Waals surface area (Å²) in [6.45, 7) is 4.58. The Morgan fingerprint density at radius 2 is 2.22 bits per heavy atom. The van der Waals surface area contributed by atoms with Crippen LogP contribution >= 0.6 is 0 Å². The Balaban J connectivity index is 1.70. The molecule has 0 bridgehead atoms. The van der Waals surface area contributed by atoms with Crippen molar-refractivity contribution < 1.29 is 4.79 Å². The van der Waals surface area contributed by atoms with Gasteiger partial charge in [0, 0.05) is 39.3 Å². The number of nitrogens with one attached hydrogen (secondary N) is 1. The monoisotopic (exact) mass is 250 g/mol. The van der Waals surface area contributed by atoms with Gasteiger partial charge < -0.3 is 10.2 Å². The van der Waals surface area contributed by atoms with Crippen LogP contribution in [0, 0.1) is 0 Å². The van der Waals surface area contributed by atoms with E-state index >= 15 is 0 Å². The lowest BCUT2D eigenvalue weighted by Gasteiger charge is -2.21. The molecule has 2 rings (SSSR count). The highest BCUT2D eigenvalue weighted by Crippen LogP contribution is 2.08. The summed E-state index contributed by atoms with van der Waals surface area (Å²) in [5, 5.41) is 7.59. The quantitative estimate of drug-likeness (QED) is 0.831. The van der Waals surface area contributed by atoms with E-state index in [-0.39, 0.29) is 11.9 Å². The molecular formula is C13H22N4O. The van der Waals surface area contributed by atoms with E-state index in [4.69, 9.17) is 0 Å². The molecule has 1 fully saturated rings. The van der Waals surface area contributed by atoms with E-state index in [1.807, 2.05) is 31.1 Å². The van der Waals surface area contributed by atoms with Crippen LogP contribution in [0.4, 0.5) is 0 Å². The lowest BCUT2D eigenvalue weighted by Crippen LogP contribution is -2.44. The topological polar surface area (TPSA) is 50.2 Å². The van der Waals surface area contributed by atoms with Gasteiger partial charge in [0.25, 0.3) is 0 Å². The van der Waals surface area contributed by atoms with Crippen molar-refractivity contribution in [1.82, 2.24) is 20.0 Å². The summed E-state index contributed by atoms with van der Waals surface area (Å²) >= 11 is 0. The Bertz CT molecular complexity index is 395. The van der Waals surface area contributed by atoms with E-state index in [2.05, 4.69) is 10.4 Å². The first-order valence-electron chi connectivity index (χ1n) is 6.67. The smallest absolute Gasteiger partial charge is 0.239 e. The Hall–Kier alpha value is -1.36. The highest BCUT2D eigenvalue weighted by atomic mass is 16.2. The maximum Gasteiger partial charge on any atom is 0.239 e. The molecule has 1 aliphatic rings. The summed E-state index contributed by atoms with van der Waals surface area (Å²) in [5.41, 5.74) is 1.06. The first kappa shape index (κ1) is 13.1. The summed E-state index contributed by atoms with van der Waals surface area (Å²) in [5.74, 6) is 0.230. The maximum absolute atomic E-state index is 12.0. The third-order valence-corrected chi connectivity index (χ3v) is 3.39. The predicted molar refractivity (Wildman–Crippen MR) is 70.2 cm³/mol. The molecule has 1 aliphatic heterocycles. The number of nitrogens with zero attached hydrogens (tertiary/aromatic N) is 3. The largest absolute Gasteiger partial charge is 0.341 e. The van der Waals surface area contributed by atoms with Gasteiger partial charge >= 0.3 is 0 Å². The molecular weight excluding hydrogens is 228 g/mol. The van der Waals surface area contributed by atoms with Crippen LogP contribution in [-0.2, 0) is 18.3 Å². The molecule has 2 heterocycles. The van der Waals surface area contributed by atoms with Gasteiger partial charge in [-0.05, 0) is 25.8 Å².